The fraction of sp³-hybridized carbons (Fsp3) is 0.600. The Morgan fingerprint density at radius 2 is 1.79 bits per heavy atom. The van der Waals surface area contributed by atoms with Gasteiger partial charge in [-0.25, -0.2) is 0 Å². The highest BCUT2D eigenvalue weighted by atomic mass is 16.2. The van der Waals surface area contributed by atoms with Gasteiger partial charge in [0.25, 0.3) is 5.91 Å². The second-order valence-electron chi connectivity index (χ2n) is 7.33. The van der Waals surface area contributed by atoms with Crippen LogP contribution in [0.4, 0.5) is 0 Å². The maximum absolute atomic E-state index is 12.9. The fourth-order valence-electron chi connectivity index (χ4n) is 4.14. The Bertz CT molecular complexity index is 579. The van der Waals surface area contributed by atoms with Crippen LogP contribution in [0.15, 0.2) is 30.3 Å². The molecule has 2 saturated heterocycles. The summed E-state index contributed by atoms with van der Waals surface area (Å²) >= 11 is 0. The van der Waals surface area contributed by atoms with E-state index in [0.717, 1.165) is 37.8 Å². The fourth-order valence-corrected chi connectivity index (χ4v) is 4.14. The topological polar surface area (TPSA) is 40.6 Å². The lowest BCUT2D eigenvalue weighted by Gasteiger charge is -2.35. The van der Waals surface area contributed by atoms with Gasteiger partial charge in [-0.3, -0.25) is 9.59 Å². The third kappa shape index (κ3) is 3.47. The molecule has 2 atom stereocenters. The number of carbonyl (C=O) groups excluding carboxylic acids is 2. The molecule has 0 N–H and O–H groups in total. The Balaban J connectivity index is 1.57. The summed E-state index contributed by atoms with van der Waals surface area (Å²) in [6, 6.07) is 9.83. The van der Waals surface area contributed by atoms with E-state index in [1.165, 1.54) is 0 Å². The second kappa shape index (κ2) is 7.37. The van der Waals surface area contributed by atoms with E-state index in [2.05, 4.69) is 18.7 Å². The number of rotatable bonds is 3. The highest BCUT2D eigenvalue weighted by molar-refractivity contribution is 5.94. The third-order valence-electron chi connectivity index (χ3n) is 5.53. The standard InChI is InChI=1S/C20H28N2O2/c1-3-18-13-15(2)14-22(18)20(24)17-9-11-21(12-10-17)19(23)16-7-5-4-6-8-16/h4-8,15,17-18H,3,9-14H2,1-2H3. The van der Waals surface area contributed by atoms with E-state index < -0.39 is 0 Å². The minimum atomic E-state index is 0.0859. The summed E-state index contributed by atoms with van der Waals surface area (Å²) < 4.78 is 0. The van der Waals surface area contributed by atoms with E-state index in [1.807, 2.05) is 35.2 Å². The molecule has 4 nitrogen and oxygen atoms in total. The van der Waals surface area contributed by atoms with Crippen LogP contribution < -0.4 is 0 Å². The van der Waals surface area contributed by atoms with Crippen LogP contribution in [-0.2, 0) is 4.79 Å². The summed E-state index contributed by atoms with van der Waals surface area (Å²) in [5, 5.41) is 0. The van der Waals surface area contributed by atoms with E-state index in [0.29, 0.717) is 31.0 Å². The van der Waals surface area contributed by atoms with Crippen LogP contribution in [0.25, 0.3) is 0 Å². The molecule has 130 valence electrons. The van der Waals surface area contributed by atoms with Gasteiger partial charge in [0.1, 0.15) is 0 Å². The molecule has 0 aromatic heterocycles. The number of hydrogen-bond donors (Lipinski definition) is 0. The van der Waals surface area contributed by atoms with Gasteiger partial charge in [-0.05, 0) is 43.7 Å². The average molecular weight is 328 g/mol. The number of likely N-dealkylation sites (tertiary alicyclic amines) is 2. The van der Waals surface area contributed by atoms with E-state index in [4.69, 9.17) is 0 Å². The van der Waals surface area contributed by atoms with Gasteiger partial charge in [-0.1, -0.05) is 32.0 Å². The molecule has 2 unspecified atom stereocenters. The summed E-state index contributed by atoms with van der Waals surface area (Å²) in [6.07, 6.45) is 3.76. The van der Waals surface area contributed by atoms with Crippen molar-refractivity contribution in [2.45, 2.75) is 45.6 Å². The molecule has 1 aromatic carbocycles. The predicted octanol–water partition coefficient (Wildman–Crippen LogP) is 3.19. The summed E-state index contributed by atoms with van der Waals surface area (Å²) in [4.78, 5) is 29.4. The Labute approximate surface area is 144 Å². The van der Waals surface area contributed by atoms with Gasteiger partial charge in [-0.15, -0.1) is 0 Å². The van der Waals surface area contributed by atoms with Crippen LogP contribution >= 0.6 is 0 Å². The summed E-state index contributed by atoms with van der Waals surface area (Å²) in [7, 11) is 0. The third-order valence-corrected chi connectivity index (χ3v) is 5.53. The minimum Gasteiger partial charge on any atom is -0.339 e. The maximum Gasteiger partial charge on any atom is 0.253 e. The molecule has 1 aromatic rings. The van der Waals surface area contributed by atoms with E-state index in [1.54, 1.807) is 0 Å². The molecule has 0 bridgehead atoms. The van der Waals surface area contributed by atoms with Crippen LogP contribution in [0.3, 0.4) is 0 Å². The van der Waals surface area contributed by atoms with Crippen molar-refractivity contribution < 1.29 is 9.59 Å². The monoisotopic (exact) mass is 328 g/mol. The Morgan fingerprint density at radius 3 is 2.42 bits per heavy atom. The molecule has 24 heavy (non-hydrogen) atoms. The van der Waals surface area contributed by atoms with Crippen molar-refractivity contribution in [2.24, 2.45) is 11.8 Å². The number of hydrogen-bond acceptors (Lipinski definition) is 2. The van der Waals surface area contributed by atoms with Gasteiger partial charge < -0.3 is 9.80 Å². The zero-order valence-electron chi connectivity index (χ0n) is 14.8. The van der Waals surface area contributed by atoms with Crippen LogP contribution in [0, 0.1) is 11.8 Å². The van der Waals surface area contributed by atoms with Gasteiger partial charge in [0.2, 0.25) is 5.91 Å². The first-order valence-electron chi connectivity index (χ1n) is 9.25. The number of carbonyl (C=O) groups is 2. The van der Waals surface area contributed by atoms with Crippen molar-refractivity contribution in [1.82, 2.24) is 9.80 Å². The highest BCUT2D eigenvalue weighted by Gasteiger charge is 2.37. The molecule has 0 radical (unpaired) electrons. The average Bonchev–Trinajstić information content (AvgIpc) is 3.02. The number of amides is 2. The Hall–Kier alpha value is -1.84. The van der Waals surface area contributed by atoms with Crippen LogP contribution in [-0.4, -0.2) is 47.3 Å². The van der Waals surface area contributed by atoms with Crippen molar-refractivity contribution in [2.75, 3.05) is 19.6 Å². The second-order valence-corrected chi connectivity index (χ2v) is 7.33. The largest absolute Gasteiger partial charge is 0.339 e. The molecular weight excluding hydrogens is 300 g/mol. The van der Waals surface area contributed by atoms with Crippen LogP contribution in [0.2, 0.25) is 0 Å². The first-order valence-corrected chi connectivity index (χ1v) is 9.25. The first-order chi connectivity index (χ1) is 11.6. The highest BCUT2D eigenvalue weighted by Crippen LogP contribution is 2.29. The summed E-state index contributed by atoms with van der Waals surface area (Å²) in [5.74, 6) is 1.10. The molecule has 2 amide bonds. The lowest BCUT2D eigenvalue weighted by molar-refractivity contribution is -0.137. The van der Waals surface area contributed by atoms with E-state index in [-0.39, 0.29) is 11.8 Å². The lowest BCUT2D eigenvalue weighted by Crippen LogP contribution is -2.45. The summed E-state index contributed by atoms with van der Waals surface area (Å²) in [5.41, 5.74) is 0.738. The molecule has 2 heterocycles. The molecule has 0 saturated carbocycles. The molecule has 2 aliphatic heterocycles. The van der Waals surface area contributed by atoms with E-state index in [9.17, 15) is 9.59 Å². The quantitative estimate of drug-likeness (QED) is 0.855. The van der Waals surface area contributed by atoms with Gasteiger partial charge in [0.05, 0.1) is 0 Å². The normalized spacial score (nSPS) is 25.1. The molecule has 2 fully saturated rings. The Morgan fingerprint density at radius 1 is 1.12 bits per heavy atom. The smallest absolute Gasteiger partial charge is 0.253 e. The van der Waals surface area contributed by atoms with Crippen molar-refractivity contribution in [3.8, 4) is 0 Å². The summed E-state index contributed by atoms with van der Waals surface area (Å²) in [6.45, 7) is 6.68. The number of benzene rings is 1. The predicted molar refractivity (Wildman–Crippen MR) is 94.6 cm³/mol. The van der Waals surface area contributed by atoms with Gasteiger partial charge >= 0.3 is 0 Å². The molecule has 0 spiro atoms. The first kappa shape index (κ1) is 17.0. The lowest BCUT2D eigenvalue weighted by atomic mass is 9.94. The van der Waals surface area contributed by atoms with Crippen molar-refractivity contribution in [1.29, 1.82) is 0 Å². The molecular formula is C20H28N2O2. The molecule has 4 heteroatoms. The van der Waals surface area contributed by atoms with E-state index >= 15 is 0 Å². The van der Waals surface area contributed by atoms with Gasteiger partial charge in [0, 0.05) is 37.2 Å². The van der Waals surface area contributed by atoms with Crippen molar-refractivity contribution >= 4 is 11.8 Å². The van der Waals surface area contributed by atoms with Gasteiger partial charge in [0.15, 0.2) is 0 Å². The van der Waals surface area contributed by atoms with Crippen molar-refractivity contribution in [3.63, 3.8) is 0 Å². The number of nitrogens with zero attached hydrogens (tertiary/aromatic N) is 2. The zero-order valence-corrected chi connectivity index (χ0v) is 14.8. The molecule has 2 aliphatic rings. The SMILES string of the molecule is CCC1CC(C)CN1C(=O)C1CCN(C(=O)c2ccccc2)CC1. The maximum atomic E-state index is 12.9. The molecule has 0 aliphatic carbocycles. The van der Waals surface area contributed by atoms with Crippen molar-refractivity contribution in [3.05, 3.63) is 35.9 Å². The van der Waals surface area contributed by atoms with Crippen LogP contribution in [0.5, 0.6) is 0 Å². The number of piperidine rings is 1. The molecule has 3 rings (SSSR count). The Kier molecular flexibility index (Phi) is 5.22. The minimum absolute atomic E-state index is 0.0859. The zero-order chi connectivity index (χ0) is 17.1. The van der Waals surface area contributed by atoms with Gasteiger partial charge in [-0.2, -0.15) is 0 Å². The van der Waals surface area contributed by atoms with Crippen LogP contribution in [0.1, 0.15) is 49.9 Å².